The van der Waals surface area contributed by atoms with Crippen molar-refractivity contribution in [2.24, 2.45) is 52.3 Å². The Morgan fingerprint density at radius 3 is 2.27 bits per heavy atom. The minimum atomic E-state index is -0.257. The number of aliphatic hydroxyl groups excluding tert-OH is 1. The Morgan fingerprint density at radius 2 is 1.57 bits per heavy atom. The second kappa shape index (κ2) is 11.5. The molecule has 5 fully saturated rings. The van der Waals surface area contributed by atoms with E-state index in [0.29, 0.717) is 41.9 Å². The number of rotatable bonds is 8. The number of hydrogen-bond donors (Lipinski definition) is 1. The van der Waals surface area contributed by atoms with E-state index >= 15 is 0 Å². The fraction of sp³-hybridized carbons (Fsp3) is 0.943. The van der Waals surface area contributed by atoms with Crippen LogP contribution >= 0.6 is 0 Å². The van der Waals surface area contributed by atoms with Crippen LogP contribution in [-0.4, -0.2) is 34.9 Å². The molecule has 5 saturated carbocycles. The zero-order chi connectivity index (χ0) is 28.9. The zero-order valence-electron chi connectivity index (χ0n) is 26.4. The van der Waals surface area contributed by atoms with Gasteiger partial charge in [-0.05, 0) is 143 Å². The number of carbonyl (C=O) groups is 2. The first-order valence-corrected chi connectivity index (χ1v) is 17.0. The van der Waals surface area contributed by atoms with Crippen LogP contribution in [0.5, 0.6) is 0 Å². The Labute approximate surface area is 243 Å². The first-order chi connectivity index (χ1) is 18.9. The van der Waals surface area contributed by atoms with Gasteiger partial charge in [0.05, 0.1) is 12.0 Å². The second-order valence-electron chi connectivity index (χ2n) is 15.8. The van der Waals surface area contributed by atoms with Crippen LogP contribution < -0.4 is 0 Å². The second-order valence-corrected chi connectivity index (χ2v) is 15.8. The molecular weight excluding hydrogens is 500 g/mol. The van der Waals surface area contributed by atoms with Gasteiger partial charge in [0, 0.05) is 6.42 Å². The number of fused-ring (bicyclic) bond motifs is 5. The van der Waals surface area contributed by atoms with Gasteiger partial charge >= 0.3 is 11.9 Å². The molecule has 40 heavy (non-hydrogen) atoms. The number of esters is 2. The van der Waals surface area contributed by atoms with E-state index in [-0.39, 0.29) is 46.5 Å². The van der Waals surface area contributed by atoms with Gasteiger partial charge in [-0.3, -0.25) is 9.59 Å². The standard InChI is InChI=1S/C35H58O5/c1-7-22(2)32(38)39-25-14-18-34(5)24(20-25)21-29(36)31-27-12-11-26(35(27,6)19-15-28(31)34)23(3)10-13-30(37)40-33(4)16-8-9-17-33/h22-29,31,36H,7-21H2,1-6H3/t22?,23?,24?,25-,26?,27?,28?,29?,31?,34-,35+/m0/s1. The summed E-state index contributed by atoms with van der Waals surface area (Å²) in [7, 11) is 0. The number of aliphatic hydroxyl groups is 1. The number of ether oxygens (including phenoxy) is 2. The van der Waals surface area contributed by atoms with Crippen molar-refractivity contribution in [2.45, 2.75) is 156 Å². The van der Waals surface area contributed by atoms with E-state index in [1.165, 1.54) is 38.5 Å². The number of hydrogen-bond acceptors (Lipinski definition) is 5. The van der Waals surface area contributed by atoms with Crippen LogP contribution in [0.25, 0.3) is 0 Å². The summed E-state index contributed by atoms with van der Waals surface area (Å²) in [5.41, 5.74) is 0.242. The Bertz CT molecular complexity index is 925. The Hall–Kier alpha value is -1.10. The topological polar surface area (TPSA) is 72.8 Å². The molecule has 5 aliphatic carbocycles. The highest BCUT2D eigenvalue weighted by molar-refractivity contribution is 5.72. The van der Waals surface area contributed by atoms with Crippen molar-refractivity contribution in [3.05, 3.63) is 0 Å². The molecule has 0 aliphatic heterocycles. The largest absolute Gasteiger partial charge is 0.462 e. The molecule has 11 atom stereocenters. The maximum Gasteiger partial charge on any atom is 0.308 e. The molecule has 0 aromatic heterocycles. The van der Waals surface area contributed by atoms with Crippen LogP contribution in [0.2, 0.25) is 0 Å². The summed E-state index contributed by atoms with van der Waals surface area (Å²) in [6.45, 7) is 13.5. The summed E-state index contributed by atoms with van der Waals surface area (Å²) < 4.78 is 11.9. The molecule has 0 amide bonds. The van der Waals surface area contributed by atoms with Crippen LogP contribution in [0, 0.1) is 52.3 Å². The molecule has 5 nitrogen and oxygen atoms in total. The minimum absolute atomic E-state index is 0.00763. The van der Waals surface area contributed by atoms with E-state index in [1.807, 2.05) is 13.8 Å². The SMILES string of the molecule is CCC(C)C(=O)O[C@H]1CC[C@@]2(C)C(CC(O)C3C4CCC(C(C)CCC(=O)OC5(C)CCCC5)[C@@]4(C)CCC32)C1. The molecule has 5 heteroatoms. The van der Waals surface area contributed by atoms with Crippen molar-refractivity contribution in [1.82, 2.24) is 0 Å². The third-order valence-corrected chi connectivity index (χ3v) is 13.5. The van der Waals surface area contributed by atoms with E-state index < -0.39 is 0 Å². The molecule has 5 rings (SSSR count). The summed E-state index contributed by atoms with van der Waals surface area (Å²) in [5.74, 6) is 2.95. The molecule has 8 unspecified atom stereocenters. The molecule has 1 N–H and O–H groups in total. The van der Waals surface area contributed by atoms with Crippen molar-refractivity contribution in [1.29, 1.82) is 0 Å². The van der Waals surface area contributed by atoms with Gasteiger partial charge in [0.2, 0.25) is 0 Å². The molecule has 0 bridgehead atoms. The van der Waals surface area contributed by atoms with E-state index in [9.17, 15) is 14.7 Å². The van der Waals surface area contributed by atoms with Crippen LogP contribution in [0.3, 0.4) is 0 Å². The molecule has 0 aromatic carbocycles. The average Bonchev–Trinajstić information content (AvgIpc) is 3.50. The Kier molecular flexibility index (Phi) is 8.75. The quantitative estimate of drug-likeness (QED) is 0.307. The van der Waals surface area contributed by atoms with Crippen molar-refractivity contribution in [2.75, 3.05) is 0 Å². The lowest BCUT2D eigenvalue weighted by Crippen LogP contribution is -2.58. The fourth-order valence-electron chi connectivity index (χ4n) is 10.8. The summed E-state index contributed by atoms with van der Waals surface area (Å²) in [5, 5.41) is 11.7. The first-order valence-electron chi connectivity index (χ1n) is 17.0. The maximum atomic E-state index is 12.7. The minimum Gasteiger partial charge on any atom is -0.462 e. The van der Waals surface area contributed by atoms with E-state index in [1.54, 1.807) is 0 Å². The summed E-state index contributed by atoms with van der Waals surface area (Å²) in [6.07, 6.45) is 15.1. The predicted octanol–water partition coefficient (Wildman–Crippen LogP) is 7.87. The van der Waals surface area contributed by atoms with Crippen LogP contribution in [0.1, 0.15) is 138 Å². The molecule has 5 aliphatic rings. The smallest absolute Gasteiger partial charge is 0.308 e. The highest BCUT2D eigenvalue weighted by Gasteiger charge is 2.63. The van der Waals surface area contributed by atoms with Crippen LogP contribution in [0.4, 0.5) is 0 Å². The van der Waals surface area contributed by atoms with Gasteiger partial charge in [0.15, 0.2) is 0 Å². The van der Waals surface area contributed by atoms with Crippen LogP contribution in [-0.2, 0) is 19.1 Å². The summed E-state index contributed by atoms with van der Waals surface area (Å²) >= 11 is 0. The monoisotopic (exact) mass is 558 g/mol. The lowest BCUT2D eigenvalue weighted by molar-refractivity contribution is -0.184. The molecular formula is C35H58O5. The van der Waals surface area contributed by atoms with Gasteiger partial charge in [-0.2, -0.15) is 0 Å². The van der Waals surface area contributed by atoms with Gasteiger partial charge in [-0.25, -0.2) is 0 Å². The van der Waals surface area contributed by atoms with Gasteiger partial charge in [-0.1, -0.05) is 34.6 Å². The van der Waals surface area contributed by atoms with Crippen molar-refractivity contribution < 1.29 is 24.2 Å². The summed E-state index contributed by atoms with van der Waals surface area (Å²) in [4.78, 5) is 25.2. The molecule has 0 aromatic rings. The van der Waals surface area contributed by atoms with Gasteiger partial charge in [-0.15, -0.1) is 0 Å². The van der Waals surface area contributed by atoms with Crippen molar-refractivity contribution in [3.8, 4) is 0 Å². The highest BCUT2D eigenvalue weighted by atomic mass is 16.6. The average molecular weight is 559 g/mol. The highest BCUT2D eigenvalue weighted by Crippen LogP contribution is 2.68. The third-order valence-electron chi connectivity index (χ3n) is 13.5. The van der Waals surface area contributed by atoms with Crippen LogP contribution in [0.15, 0.2) is 0 Å². The van der Waals surface area contributed by atoms with Gasteiger partial charge in [0.25, 0.3) is 0 Å². The molecule has 228 valence electrons. The van der Waals surface area contributed by atoms with Crippen molar-refractivity contribution >= 4 is 11.9 Å². The lowest BCUT2D eigenvalue weighted by atomic mass is 9.43. The van der Waals surface area contributed by atoms with Gasteiger partial charge in [0.1, 0.15) is 11.7 Å². The lowest BCUT2D eigenvalue weighted by Gasteiger charge is -2.62. The molecule has 0 radical (unpaired) electrons. The van der Waals surface area contributed by atoms with Gasteiger partial charge < -0.3 is 14.6 Å². The maximum absolute atomic E-state index is 12.7. The zero-order valence-corrected chi connectivity index (χ0v) is 26.4. The molecule has 0 spiro atoms. The first kappa shape index (κ1) is 30.4. The Morgan fingerprint density at radius 1 is 0.900 bits per heavy atom. The normalized spacial score (nSPS) is 43.6. The van der Waals surface area contributed by atoms with E-state index in [4.69, 9.17) is 9.47 Å². The summed E-state index contributed by atoms with van der Waals surface area (Å²) in [6, 6.07) is 0. The molecule has 0 saturated heterocycles. The van der Waals surface area contributed by atoms with E-state index in [2.05, 4.69) is 27.7 Å². The predicted molar refractivity (Wildman–Crippen MR) is 157 cm³/mol. The molecule has 0 heterocycles. The number of carbonyl (C=O) groups excluding carboxylic acids is 2. The Balaban J connectivity index is 1.21. The fourth-order valence-corrected chi connectivity index (χ4v) is 10.8. The third kappa shape index (κ3) is 5.51. The van der Waals surface area contributed by atoms with E-state index in [0.717, 1.165) is 51.4 Å². The van der Waals surface area contributed by atoms with Crippen molar-refractivity contribution in [3.63, 3.8) is 0 Å².